The number of phenols is 1. The Labute approximate surface area is 123 Å². The normalized spacial score (nSPS) is 10.8. The molecule has 106 valence electrons. The molecule has 2 rings (SSSR count). The Morgan fingerprint density at radius 1 is 1.10 bits per heavy atom. The van der Waals surface area contributed by atoms with E-state index in [0.29, 0.717) is 22.6 Å². The van der Waals surface area contributed by atoms with E-state index < -0.39 is 0 Å². The first kappa shape index (κ1) is 14.5. The molecule has 0 aromatic heterocycles. The van der Waals surface area contributed by atoms with Crippen LogP contribution < -0.4 is 9.47 Å². The first-order valence-corrected chi connectivity index (χ1v) is 6.31. The maximum atomic E-state index is 9.99. The van der Waals surface area contributed by atoms with Gasteiger partial charge in [-0.05, 0) is 23.8 Å². The van der Waals surface area contributed by atoms with E-state index in [1.165, 1.54) is 6.08 Å². The van der Waals surface area contributed by atoms with Crippen molar-refractivity contribution in [3.05, 3.63) is 59.7 Å². The van der Waals surface area contributed by atoms with Crippen LogP contribution >= 0.6 is 0 Å². The lowest BCUT2D eigenvalue weighted by Gasteiger charge is -2.12. The van der Waals surface area contributed by atoms with Crippen molar-refractivity contribution in [3.8, 4) is 23.3 Å². The number of nitriles is 1. The summed E-state index contributed by atoms with van der Waals surface area (Å²) in [5.41, 5.74) is 1.97. The number of hydrogen-bond donors (Lipinski definition) is 1. The van der Waals surface area contributed by atoms with Crippen LogP contribution in [-0.2, 0) is 0 Å². The molecule has 0 fully saturated rings. The predicted molar refractivity (Wildman–Crippen MR) is 80.3 cm³/mol. The molecule has 21 heavy (non-hydrogen) atoms. The molecule has 0 bridgehead atoms. The van der Waals surface area contributed by atoms with Crippen LogP contribution in [0.3, 0.4) is 0 Å². The van der Waals surface area contributed by atoms with Gasteiger partial charge in [0.1, 0.15) is 5.75 Å². The van der Waals surface area contributed by atoms with Crippen LogP contribution in [0.2, 0.25) is 0 Å². The van der Waals surface area contributed by atoms with Gasteiger partial charge in [0.25, 0.3) is 0 Å². The van der Waals surface area contributed by atoms with E-state index in [-0.39, 0.29) is 5.75 Å². The van der Waals surface area contributed by atoms with E-state index in [1.54, 1.807) is 50.6 Å². The Hall–Kier alpha value is -2.93. The van der Waals surface area contributed by atoms with Gasteiger partial charge in [-0.25, -0.2) is 0 Å². The monoisotopic (exact) mass is 281 g/mol. The molecule has 0 aliphatic rings. The van der Waals surface area contributed by atoms with Crippen molar-refractivity contribution in [2.75, 3.05) is 14.2 Å². The highest BCUT2D eigenvalue weighted by atomic mass is 16.5. The Bertz CT molecular complexity index is 714. The zero-order valence-electron chi connectivity index (χ0n) is 11.8. The van der Waals surface area contributed by atoms with Crippen molar-refractivity contribution in [1.29, 1.82) is 5.26 Å². The zero-order chi connectivity index (χ0) is 15.2. The average molecular weight is 281 g/mol. The summed E-state index contributed by atoms with van der Waals surface area (Å²) in [7, 11) is 3.11. The number of ether oxygens (including phenoxy) is 2. The van der Waals surface area contributed by atoms with Crippen molar-refractivity contribution in [1.82, 2.24) is 0 Å². The second kappa shape index (κ2) is 6.49. The number of nitrogens with zero attached hydrogens (tertiary/aromatic N) is 1. The molecular formula is C17H15NO3. The predicted octanol–water partition coefficient (Wildman–Crippen LogP) is 3.36. The van der Waals surface area contributed by atoms with Crippen LogP contribution in [0.25, 0.3) is 5.57 Å². The van der Waals surface area contributed by atoms with Gasteiger partial charge in [0.2, 0.25) is 0 Å². The lowest BCUT2D eigenvalue weighted by atomic mass is 9.96. The van der Waals surface area contributed by atoms with Crippen LogP contribution in [0.1, 0.15) is 11.1 Å². The van der Waals surface area contributed by atoms with Gasteiger partial charge >= 0.3 is 0 Å². The molecule has 0 aliphatic carbocycles. The molecule has 0 spiro atoms. The Morgan fingerprint density at radius 3 is 2.43 bits per heavy atom. The number of benzene rings is 2. The van der Waals surface area contributed by atoms with E-state index in [2.05, 4.69) is 0 Å². The number of para-hydroxylation sites is 1. The molecule has 0 saturated heterocycles. The fourth-order valence-electron chi connectivity index (χ4n) is 2.09. The summed E-state index contributed by atoms with van der Waals surface area (Å²) in [4.78, 5) is 0. The van der Waals surface area contributed by atoms with Gasteiger partial charge in [-0.2, -0.15) is 5.26 Å². The molecule has 1 N–H and O–H groups in total. The topological polar surface area (TPSA) is 62.5 Å². The number of methoxy groups -OCH3 is 2. The minimum Gasteiger partial charge on any atom is -0.507 e. The average Bonchev–Trinajstić information content (AvgIpc) is 2.53. The van der Waals surface area contributed by atoms with Gasteiger partial charge in [0, 0.05) is 17.2 Å². The standard InChI is InChI=1S/C17H15NO3/c1-20-16-8-7-12(11-17(16)21-2)13(9-10-18)14-5-3-4-6-15(14)19/h3-9,11,19H,1-2H3/b13-9+. The number of aromatic hydroxyl groups is 1. The van der Waals surface area contributed by atoms with Crippen molar-refractivity contribution in [2.45, 2.75) is 0 Å². The van der Waals surface area contributed by atoms with Gasteiger partial charge in [-0.15, -0.1) is 0 Å². The van der Waals surface area contributed by atoms with E-state index in [9.17, 15) is 5.11 Å². The van der Waals surface area contributed by atoms with Crippen LogP contribution in [0.4, 0.5) is 0 Å². The summed E-state index contributed by atoms with van der Waals surface area (Å²) < 4.78 is 10.5. The Morgan fingerprint density at radius 2 is 1.81 bits per heavy atom. The van der Waals surface area contributed by atoms with Crippen LogP contribution in [-0.4, -0.2) is 19.3 Å². The van der Waals surface area contributed by atoms with Crippen molar-refractivity contribution < 1.29 is 14.6 Å². The van der Waals surface area contributed by atoms with Crippen molar-refractivity contribution in [2.24, 2.45) is 0 Å². The highest BCUT2D eigenvalue weighted by Gasteiger charge is 2.12. The van der Waals surface area contributed by atoms with E-state index >= 15 is 0 Å². The maximum Gasteiger partial charge on any atom is 0.161 e. The molecule has 0 heterocycles. The van der Waals surface area contributed by atoms with Crippen molar-refractivity contribution >= 4 is 5.57 Å². The fraction of sp³-hybridized carbons (Fsp3) is 0.118. The number of allylic oxidation sites excluding steroid dienone is 1. The highest BCUT2D eigenvalue weighted by Crippen LogP contribution is 2.35. The Balaban J connectivity index is 2.58. The van der Waals surface area contributed by atoms with Gasteiger partial charge < -0.3 is 14.6 Å². The molecule has 0 saturated carbocycles. The zero-order valence-corrected chi connectivity index (χ0v) is 11.8. The third-order valence-electron chi connectivity index (χ3n) is 3.10. The maximum absolute atomic E-state index is 9.99. The van der Waals surface area contributed by atoms with Gasteiger partial charge in [-0.1, -0.05) is 24.3 Å². The molecule has 2 aromatic carbocycles. The van der Waals surface area contributed by atoms with Crippen LogP contribution in [0, 0.1) is 11.3 Å². The quantitative estimate of drug-likeness (QED) is 0.873. The fourth-order valence-corrected chi connectivity index (χ4v) is 2.09. The summed E-state index contributed by atoms with van der Waals surface area (Å²) in [6, 6.07) is 14.2. The first-order valence-electron chi connectivity index (χ1n) is 6.31. The summed E-state index contributed by atoms with van der Waals surface area (Å²) in [6.07, 6.45) is 1.40. The smallest absolute Gasteiger partial charge is 0.161 e. The molecule has 0 radical (unpaired) electrons. The summed E-state index contributed by atoms with van der Waals surface area (Å²) in [5, 5.41) is 19.0. The van der Waals surface area contributed by atoms with E-state index in [4.69, 9.17) is 14.7 Å². The summed E-state index contributed by atoms with van der Waals surface area (Å²) in [5.74, 6) is 1.29. The third-order valence-corrected chi connectivity index (χ3v) is 3.10. The molecule has 4 nitrogen and oxygen atoms in total. The molecule has 0 amide bonds. The minimum atomic E-state index is 0.119. The van der Waals surface area contributed by atoms with Gasteiger partial charge in [-0.3, -0.25) is 0 Å². The van der Waals surface area contributed by atoms with E-state index in [1.807, 2.05) is 12.1 Å². The molecular weight excluding hydrogens is 266 g/mol. The number of rotatable bonds is 4. The molecule has 4 heteroatoms. The lowest BCUT2D eigenvalue weighted by Crippen LogP contribution is -1.94. The van der Waals surface area contributed by atoms with E-state index in [0.717, 1.165) is 5.56 Å². The van der Waals surface area contributed by atoms with Crippen LogP contribution in [0.15, 0.2) is 48.5 Å². The number of phenolic OH excluding ortho intramolecular Hbond substituents is 1. The molecule has 0 unspecified atom stereocenters. The first-order chi connectivity index (χ1) is 10.2. The summed E-state index contributed by atoms with van der Waals surface area (Å²) in [6.45, 7) is 0. The Kier molecular flexibility index (Phi) is 4.47. The third kappa shape index (κ3) is 2.98. The van der Waals surface area contributed by atoms with Crippen molar-refractivity contribution in [3.63, 3.8) is 0 Å². The van der Waals surface area contributed by atoms with Gasteiger partial charge in [0.05, 0.1) is 20.3 Å². The minimum absolute atomic E-state index is 0.119. The largest absolute Gasteiger partial charge is 0.507 e. The highest BCUT2D eigenvalue weighted by molar-refractivity contribution is 5.84. The molecule has 0 aliphatic heterocycles. The molecule has 0 atom stereocenters. The van der Waals surface area contributed by atoms with Gasteiger partial charge in [0.15, 0.2) is 11.5 Å². The lowest BCUT2D eigenvalue weighted by molar-refractivity contribution is 0.355. The molecule has 2 aromatic rings. The second-order valence-electron chi connectivity index (χ2n) is 4.27. The second-order valence-corrected chi connectivity index (χ2v) is 4.27. The SMILES string of the molecule is COc1ccc(/C(=C\C#N)c2ccccc2O)cc1OC. The summed E-state index contributed by atoms with van der Waals surface area (Å²) >= 11 is 0. The van der Waals surface area contributed by atoms with Crippen LogP contribution in [0.5, 0.6) is 17.2 Å². The number of hydrogen-bond acceptors (Lipinski definition) is 4.